The van der Waals surface area contributed by atoms with Crippen LogP contribution in [0.25, 0.3) is 16.9 Å². The number of hydrogen-bond donors (Lipinski definition) is 2. The summed E-state index contributed by atoms with van der Waals surface area (Å²) < 4.78 is 16.5. The van der Waals surface area contributed by atoms with Crippen LogP contribution in [0.15, 0.2) is 59.3 Å². The van der Waals surface area contributed by atoms with E-state index in [1.807, 2.05) is 0 Å². The van der Waals surface area contributed by atoms with Crippen LogP contribution < -0.4 is 5.32 Å². The highest BCUT2D eigenvalue weighted by molar-refractivity contribution is 9.10. The van der Waals surface area contributed by atoms with Gasteiger partial charge in [-0.15, -0.1) is 0 Å². The number of rotatable bonds is 4. The second-order valence-corrected chi connectivity index (χ2v) is 6.46. The smallest absolute Gasteiger partial charge is 0.211 e. The largest absolute Gasteiger partial charge is 0.493 e. The molecule has 26 heavy (non-hydrogen) atoms. The van der Waals surface area contributed by atoms with E-state index in [1.54, 1.807) is 47.1 Å². The van der Waals surface area contributed by atoms with Crippen molar-refractivity contribution in [1.29, 1.82) is 0 Å². The summed E-state index contributed by atoms with van der Waals surface area (Å²) in [6.07, 6.45) is 3.17. The van der Waals surface area contributed by atoms with E-state index in [-0.39, 0.29) is 11.7 Å². The molecule has 0 aliphatic heterocycles. The van der Waals surface area contributed by atoms with Crippen LogP contribution in [-0.4, -0.2) is 24.7 Å². The normalized spacial score (nSPS) is 11.0. The van der Waals surface area contributed by atoms with Crippen LogP contribution in [0.1, 0.15) is 5.56 Å². The highest BCUT2D eigenvalue weighted by atomic mass is 79.9. The third kappa shape index (κ3) is 3.11. The fraction of sp³-hybridized carbons (Fsp3) is 0.0556. The van der Waals surface area contributed by atoms with E-state index in [1.165, 1.54) is 12.3 Å². The first-order valence-electron chi connectivity index (χ1n) is 7.79. The summed E-state index contributed by atoms with van der Waals surface area (Å²) in [7, 11) is 0. The summed E-state index contributed by atoms with van der Waals surface area (Å²) in [5.41, 5.74) is 2.33. The number of anilines is 1. The van der Waals surface area contributed by atoms with Crippen LogP contribution in [0, 0.1) is 5.82 Å². The van der Waals surface area contributed by atoms with Crippen LogP contribution in [0.4, 0.5) is 10.2 Å². The molecule has 1 aromatic carbocycles. The van der Waals surface area contributed by atoms with E-state index in [0.29, 0.717) is 33.7 Å². The van der Waals surface area contributed by atoms with Crippen LogP contribution in [-0.2, 0) is 6.54 Å². The molecule has 0 aliphatic rings. The molecule has 0 bridgehead atoms. The summed E-state index contributed by atoms with van der Waals surface area (Å²) in [6, 6.07) is 11.6. The van der Waals surface area contributed by atoms with E-state index < -0.39 is 0 Å². The molecule has 4 aromatic rings. The number of nitrogens with one attached hydrogen (secondary N) is 1. The predicted molar refractivity (Wildman–Crippen MR) is 99.3 cm³/mol. The Bertz CT molecular complexity index is 1100. The van der Waals surface area contributed by atoms with Crippen molar-refractivity contribution < 1.29 is 9.50 Å². The van der Waals surface area contributed by atoms with Gasteiger partial charge < -0.3 is 10.4 Å². The lowest BCUT2D eigenvalue weighted by Gasteiger charge is -2.11. The average molecular weight is 414 g/mol. The van der Waals surface area contributed by atoms with Crippen molar-refractivity contribution in [2.24, 2.45) is 0 Å². The first-order valence-corrected chi connectivity index (χ1v) is 8.58. The van der Waals surface area contributed by atoms with E-state index in [4.69, 9.17) is 0 Å². The number of aromatic hydroxyl groups is 1. The number of benzene rings is 1. The zero-order chi connectivity index (χ0) is 18.1. The quantitative estimate of drug-likeness (QED) is 0.528. The Hall–Kier alpha value is -3.00. The Balaban J connectivity index is 1.77. The van der Waals surface area contributed by atoms with Gasteiger partial charge in [0.05, 0.1) is 16.4 Å². The maximum Gasteiger partial charge on any atom is 0.211 e. The molecule has 0 unspecified atom stereocenters. The van der Waals surface area contributed by atoms with E-state index in [9.17, 15) is 9.50 Å². The van der Waals surface area contributed by atoms with Crippen molar-refractivity contribution in [3.63, 3.8) is 0 Å². The van der Waals surface area contributed by atoms with Crippen LogP contribution in [0.2, 0.25) is 0 Å². The van der Waals surface area contributed by atoms with Gasteiger partial charge in [0.25, 0.3) is 0 Å². The van der Waals surface area contributed by atoms with Gasteiger partial charge in [0.2, 0.25) is 5.88 Å². The van der Waals surface area contributed by atoms with Gasteiger partial charge in [-0.3, -0.25) is 0 Å². The zero-order valence-electron chi connectivity index (χ0n) is 13.4. The second-order valence-electron chi connectivity index (χ2n) is 5.61. The molecule has 0 spiro atoms. The molecule has 0 amide bonds. The van der Waals surface area contributed by atoms with Crippen molar-refractivity contribution in [3.05, 3.63) is 70.7 Å². The van der Waals surface area contributed by atoms with E-state index in [0.717, 1.165) is 5.56 Å². The van der Waals surface area contributed by atoms with Crippen molar-refractivity contribution in [2.75, 3.05) is 5.32 Å². The Morgan fingerprint density at radius 3 is 2.85 bits per heavy atom. The second kappa shape index (κ2) is 6.72. The molecule has 0 saturated carbocycles. The third-order valence-corrected chi connectivity index (χ3v) is 4.42. The van der Waals surface area contributed by atoms with Gasteiger partial charge in [-0.05, 0) is 39.7 Å². The molecule has 0 fully saturated rings. The minimum Gasteiger partial charge on any atom is -0.493 e. The monoisotopic (exact) mass is 413 g/mol. The number of nitrogens with zero attached hydrogens (tertiary/aromatic N) is 4. The van der Waals surface area contributed by atoms with Crippen LogP contribution in [0.5, 0.6) is 5.88 Å². The van der Waals surface area contributed by atoms with Crippen molar-refractivity contribution in [1.82, 2.24) is 19.6 Å². The van der Waals surface area contributed by atoms with Crippen molar-refractivity contribution >= 4 is 27.4 Å². The minimum absolute atomic E-state index is 0.0435. The number of pyridine rings is 1. The topological polar surface area (TPSA) is 75.3 Å². The number of hydrogen-bond acceptors (Lipinski definition) is 5. The van der Waals surface area contributed by atoms with Gasteiger partial charge in [-0.2, -0.15) is 9.61 Å². The van der Waals surface area contributed by atoms with Gasteiger partial charge in [0, 0.05) is 30.4 Å². The maximum atomic E-state index is 14.2. The number of fused-ring (bicyclic) bond motifs is 1. The third-order valence-electron chi connectivity index (χ3n) is 3.86. The summed E-state index contributed by atoms with van der Waals surface area (Å²) in [6.45, 7) is 0.434. The molecule has 0 atom stereocenters. The lowest BCUT2D eigenvalue weighted by molar-refractivity contribution is 0.452. The molecule has 3 heterocycles. The first kappa shape index (κ1) is 16.5. The standard InChI is InChI=1S/C18H13BrFN5O/c19-13-10-23-25-16(22-9-11-5-6-21-17(26)7-11)8-15(24-18(13)25)12-3-1-2-4-14(12)20/h1-8,10,22H,9H2,(H,21,26). The fourth-order valence-corrected chi connectivity index (χ4v) is 2.98. The molecular weight excluding hydrogens is 401 g/mol. The van der Waals surface area contributed by atoms with Crippen molar-refractivity contribution in [2.45, 2.75) is 6.54 Å². The Morgan fingerprint density at radius 1 is 1.19 bits per heavy atom. The highest BCUT2D eigenvalue weighted by Gasteiger charge is 2.13. The first-order chi connectivity index (χ1) is 12.6. The lowest BCUT2D eigenvalue weighted by atomic mass is 10.1. The lowest BCUT2D eigenvalue weighted by Crippen LogP contribution is -2.07. The average Bonchev–Trinajstić information content (AvgIpc) is 3.01. The van der Waals surface area contributed by atoms with Crippen LogP contribution in [0.3, 0.4) is 0 Å². The molecule has 0 aliphatic carbocycles. The molecule has 3 aromatic heterocycles. The summed E-state index contributed by atoms with van der Waals surface area (Å²) in [5.74, 6) is 0.262. The Labute approximate surface area is 156 Å². The van der Waals surface area contributed by atoms with Gasteiger partial charge >= 0.3 is 0 Å². The molecular formula is C18H13BrFN5O. The summed E-state index contributed by atoms with van der Waals surface area (Å²) in [4.78, 5) is 8.28. The van der Waals surface area contributed by atoms with Gasteiger partial charge in [-0.1, -0.05) is 12.1 Å². The zero-order valence-corrected chi connectivity index (χ0v) is 15.0. The summed E-state index contributed by atoms with van der Waals surface area (Å²) >= 11 is 3.42. The Kier molecular flexibility index (Phi) is 4.26. The molecule has 130 valence electrons. The van der Waals surface area contributed by atoms with Gasteiger partial charge in [0.15, 0.2) is 5.65 Å². The molecule has 4 rings (SSSR count). The SMILES string of the molecule is Oc1cc(CNc2cc(-c3ccccc3F)nc3c(Br)cnn23)ccn1. The van der Waals surface area contributed by atoms with Crippen LogP contribution >= 0.6 is 15.9 Å². The van der Waals surface area contributed by atoms with E-state index in [2.05, 4.69) is 36.3 Å². The predicted octanol–water partition coefficient (Wildman–Crippen LogP) is 4.01. The number of aromatic nitrogens is 4. The summed E-state index contributed by atoms with van der Waals surface area (Å²) in [5, 5.41) is 17.0. The van der Waals surface area contributed by atoms with Crippen molar-refractivity contribution in [3.8, 4) is 17.1 Å². The number of halogens is 2. The highest BCUT2D eigenvalue weighted by Crippen LogP contribution is 2.27. The fourth-order valence-electron chi connectivity index (χ4n) is 2.63. The van der Waals surface area contributed by atoms with Gasteiger partial charge in [0.1, 0.15) is 11.6 Å². The molecule has 8 heteroatoms. The molecule has 2 N–H and O–H groups in total. The molecule has 6 nitrogen and oxygen atoms in total. The minimum atomic E-state index is -0.343. The molecule has 0 saturated heterocycles. The van der Waals surface area contributed by atoms with Gasteiger partial charge in [-0.25, -0.2) is 14.4 Å². The van der Waals surface area contributed by atoms with E-state index >= 15 is 0 Å². The maximum absolute atomic E-state index is 14.2. The Morgan fingerprint density at radius 2 is 2.04 bits per heavy atom. The molecule has 0 radical (unpaired) electrons.